The predicted molar refractivity (Wildman–Crippen MR) is 66.0 cm³/mol. The summed E-state index contributed by atoms with van der Waals surface area (Å²) in [6, 6.07) is 0. The number of halogens is 1. The number of rotatable bonds is 3. The normalized spacial score (nSPS) is 12.3. The van der Waals surface area contributed by atoms with E-state index in [1.54, 1.807) is 0 Å². The zero-order valence-corrected chi connectivity index (χ0v) is 10.9. The maximum atomic E-state index is 3.76. The zero-order valence-electron chi connectivity index (χ0n) is 9.34. The van der Waals surface area contributed by atoms with Crippen molar-refractivity contribution >= 4 is 15.9 Å². The van der Waals surface area contributed by atoms with Crippen LogP contribution in [0.25, 0.3) is 0 Å². The second-order valence-electron chi connectivity index (χ2n) is 3.33. The lowest BCUT2D eigenvalue weighted by atomic mass is 10.3. The van der Waals surface area contributed by atoms with Crippen LogP contribution in [0.2, 0.25) is 0 Å². The SMILES string of the molecule is C=C/C(=C\C=C/C)[N+](C)(C)C.CBr. The van der Waals surface area contributed by atoms with E-state index in [-0.39, 0.29) is 0 Å². The molecule has 0 aromatic rings. The number of hydrogen-bond donors (Lipinski definition) is 0. The Balaban J connectivity index is 0. The van der Waals surface area contributed by atoms with Crippen LogP contribution in [0.1, 0.15) is 6.92 Å². The van der Waals surface area contributed by atoms with Crippen LogP contribution in [-0.2, 0) is 0 Å². The van der Waals surface area contributed by atoms with Gasteiger partial charge in [-0.25, -0.2) is 0 Å². The van der Waals surface area contributed by atoms with Crippen molar-refractivity contribution in [1.29, 1.82) is 0 Å². The van der Waals surface area contributed by atoms with E-state index in [9.17, 15) is 0 Å². The molecule has 2 heteroatoms. The standard InChI is InChI=1S/C10H18N.CH3Br/c1-6-8-9-10(7-2)11(3,4)5;1-2/h6-9H,2H2,1,3-5H3;1H3/q+1;/b8-6-,10-9+;. The largest absolute Gasteiger partial charge is 0.298 e. The van der Waals surface area contributed by atoms with Crippen LogP contribution in [0, 0.1) is 0 Å². The number of allylic oxidation sites excluding steroid dienone is 4. The highest BCUT2D eigenvalue weighted by Gasteiger charge is 2.10. The van der Waals surface area contributed by atoms with Crippen molar-refractivity contribution in [2.75, 3.05) is 27.0 Å². The lowest BCUT2D eigenvalue weighted by molar-refractivity contribution is -0.828. The van der Waals surface area contributed by atoms with E-state index in [1.165, 1.54) is 5.70 Å². The van der Waals surface area contributed by atoms with Gasteiger partial charge in [0.05, 0.1) is 21.1 Å². The van der Waals surface area contributed by atoms with Gasteiger partial charge in [-0.15, -0.1) is 0 Å². The molecular weight excluding hydrogens is 226 g/mol. The molecule has 0 aromatic heterocycles. The van der Waals surface area contributed by atoms with Gasteiger partial charge >= 0.3 is 0 Å². The van der Waals surface area contributed by atoms with Crippen LogP contribution in [0.3, 0.4) is 0 Å². The summed E-state index contributed by atoms with van der Waals surface area (Å²) in [7, 11) is 6.37. The van der Waals surface area contributed by atoms with E-state index >= 15 is 0 Å². The first-order chi connectivity index (χ1) is 6.02. The van der Waals surface area contributed by atoms with E-state index in [0.717, 1.165) is 4.48 Å². The third kappa shape index (κ3) is 8.00. The van der Waals surface area contributed by atoms with Gasteiger partial charge in [0.2, 0.25) is 0 Å². The molecule has 0 aliphatic heterocycles. The highest BCUT2D eigenvalue weighted by atomic mass is 79.9. The molecule has 0 saturated heterocycles. The summed E-state index contributed by atoms with van der Waals surface area (Å²) < 4.78 is 0.813. The van der Waals surface area contributed by atoms with Crippen LogP contribution in [-0.4, -0.2) is 31.5 Å². The molecule has 0 atom stereocenters. The molecule has 0 amide bonds. The highest BCUT2D eigenvalue weighted by Crippen LogP contribution is 2.08. The second kappa shape index (κ2) is 8.27. The monoisotopic (exact) mass is 246 g/mol. The van der Waals surface area contributed by atoms with Gasteiger partial charge in [-0.2, -0.15) is 0 Å². The van der Waals surface area contributed by atoms with Crippen molar-refractivity contribution < 1.29 is 4.48 Å². The summed E-state index contributed by atoms with van der Waals surface area (Å²) in [5, 5.41) is 0. The van der Waals surface area contributed by atoms with Crippen molar-refractivity contribution in [3.63, 3.8) is 0 Å². The Morgan fingerprint density at radius 3 is 1.92 bits per heavy atom. The third-order valence-electron chi connectivity index (χ3n) is 1.44. The van der Waals surface area contributed by atoms with E-state index in [0.29, 0.717) is 0 Å². The first kappa shape index (κ1) is 15.1. The molecule has 13 heavy (non-hydrogen) atoms. The van der Waals surface area contributed by atoms with Crippen molar-refractivity contribution in [1.82, 2.24) is 0 Å². The molecule has 0 rings (SSSR count). The van der Waals surface area contributed by atoms with Crippen LogP contribution < -0.4 is 0 Å². The molecule has 0 heterocycles. The summed E-state index contributed by atoms with van der Waals surface area (Å²) >= 11 is 2.94. The lowest BCUT2D eigenvalue weighted by Gasteiger charge is -2.23. The zero-order chi connectivity index (χ0) is 10.9. The Morgan fingerprint density at radius 2 is 1.69 bits per heavy atom. The minimum absolute atomic E-state index is 0.813. The molecule has 0 radical (unpaired) electrons. The smallest absolute Gasteiger partial charge is 0.131 e. The van der Waals surface area contributed by atoms with E-state index in [2.05, 4.69) is 49.7 Å². The first-order valence-corrected chi connectivity index (χ1v) is 5.76. The van der Waals surface area contributed by atoms with Gasteiger partial charge < -0.3 is 0 Å². The molecule has 0 spiro atoms. The van der Waals surface area contributed by atoms with E-state index in [1.807, 2.05) is 31.0 Å². The van der Waals surface area contributed by atoms with Crippen molar-refractivity contribution in [3.05, 3.63) is 36.6 Å². The molecule has 0 aliphatic carbocycles. The van der Waals surface area contributed by atoms with E-state index < -0.39 is 0 Å². The first-order valence-electron chi connectivity index (χ1n) is 4.17. The van der Waals surface area contributed by atoms with Crippen LogP contribution in [0.4, 0.5) is 0 Å². The van der Waals surface area contributed by atoms with Crippen LogP contribution >= 0.6 is 15.9 Å². The van der Waals surface area contributed by atoms with Crippen LogP contribution in [0.5, 0.6) is 0 Å². The Morgan fingerprint density at radius 1 is 1.23 bits per heavy atom. The van der Waals surface area contributed by atoms with Gasteiger partial charge in [0.1, 0.15) is 5.70 Å². The van der Waals surface area contributed by atoms with Crippen molar-refractivity contribution in [2.24, 2.45) is 0 Å². The molecule has 0 N–H and O–H groups in total. The van der Waals surface area contributed by atoms with Crippen molar-refractivity contribution in [2.45, 2.75) is 6.92 Å². The molecule has 1 nitrogen and oxygen atoms in total. The highest BCUT2D eigenvalue weighted by molar-refractivity contribution is 9.08. The topological polar surface area (TPSA) is 0 Å². The Bertz CT molecular complexity index is 185. The molecule has 0 aliphatic rings. The fourth-order valence-corrected chi connectivity index (χ4v) is 0.760. The third-order valence-corrected chi connectivity index (χ3v) is 1.44. The van der Waals surface area contributed by atoms with Gasteiger partial charge in [0.25, 0.3) is 0 Å². The van der Waals surface area contributed by atoms with Gasteiger partial charge in [0.15, 0.2) is 0 Å². The molecule has 0 bridgehead atoms. The summed E-state index contributed by atoms with van der Waals surface area (Å²) in [5.41, 5.74) is 1.21. The van der Waals surface area contributed by atoms with Gasteiger partial charge in [-0.05, 0) is 24.9 Å². The Labute approximate surface area is 91.2 Å². The summed E-state index contributed by atoms with van der Waals surface area (Å²) in [6.45, 7) is 5.77. The molecule has 0 fully saturated rings. The molecule has 0 unspecified atom stereocenters. The second-order valence-corrected chi connectivity index (χ2v) is 3.33. The molecule has 0 aromatic carbocycles. The number of nitrogens with zero attached hydrogens (tertiary/aromatic N) is 1. The number of alkyl halides is 1. The Kier molecular flexibility index (Phi) is 9.63. The average molecular weight is 247 g/mol. The molecule has 76 valence electrons. The van der Waals surface area contributed by atoms with Gasteiger partial charge in [-0.1, -0.05) is 34.7 Å². The number of quaternary nitrogens is 1. The van der Waals surface area contributed by atoms with Gasteiger partial charge in [-0.3, -0.25) is 4.48 Å². The minimum Gasteiger partial charge on any atom is -0.298 e. The maximum absolute atomic E-state index is 3.76. The van der Waals surface area contributed by atoms with Gasteiger partial charge in [0, 0.05) is 0 Å². The predicted octanol–water partition coefficient (Wildman–Crippen LogP) is 3.35. The summed E-state index contributed by atoms with van der Waals surface area (Å²) in [5.74, 6) is 1.81. The minimum atomic E-state index is 0.813. The quantitative estimate of drug-likeness (QED) is 0.407. The van der Waals surface area contributed by atoms with E-state index in [4.69, 9.17) is 0 Å². The van der Waals surface area contributed by atoms with Crippen molar-refractivity contribution in [3.8, 4) is 0 Å². The molecule has 0 saturated carbocycles. The van der Waals surface area contributed by atoms with Crippen LogP contribution in [0.15, 0.2) is 36.6 Å². The Hall–Kier alpha value is -0.340. The number of hydrogen-bond acceptors (Lipinski definition) is 0. The summed E-state index contributed by atoms with van der Waals surface area (Å²) in [6.07, 6.45) is 8.01. The lowest BCUT2D eigenvalue weighted by Crippen LogP contribution is -2.32. The fraction of sp³-hybridized carbons (Fsp3) is 0.455. The molecular formula is C11H21BrN+. The number of likely N-dealkylation sites (N-methyl/N-ethyl adjacent to an activating group) is 1. The summed E-state index contributed by atoms with van der Waals surface area (Å²) in [4.78, 5) is 0. The average Bonchev–Trinajstić information content (AvgIpc) is 2.07. The fourth-order valence-electron chi connectivity index (χ4n) is 0.760. The maximum Gasteiger partial charge on any atom is 0.131 e.